The fraction of sp³-hybridized carbons (Fsp3) is 0.500. The van der Waals surface area contributed by atoms with Crippen molar-refractivity contribution in [3.8, 4) is 0 Å². The Morgan fingerprint density at radius 3 is 2.68 bits per heavy atom. The minimum Gasteiger partial charge on any atom is -0.350 e. The summed E-state index contributed by atoms with van der Waals surface area (Å²) >= 11 is 6.80. The van der Waals surface area contributed by atoms with Crippen LogP contribution in [0.25, 0.3) is 0 Å². The van der Waals surface area contributed by atoms with Gasteiger partial charge in [-0.25, -0.2) is 0 Å². The standard InChI is InChI=1S/C14H18Br2N2O/c1-2-18-5-3-4-13(18)9-17-14(19)10-6-11(15)8-12(16)7-10/h6-8,13H,2-5,9H2,1H3,(H,17,19). The first-order valence-corrected chi connectivity index (χ1v) is 8.17. The molecule has 1 amide bonds. The molecular weight excluding hydrogens is 372 g/mol. The molecule has 1 atom stereocenters. The normalized spacial score (nSPS) is 19.6. The van der Waals surface area contributed by atoms with Crippen molar-refractivity contribution >= 4 is 37.8 Å². The minimum atomic E-state index is -0.00930. The van der Waals surface area contributed by atoms with Crippen LogP contribution < -0.4 is 5.32 Å². The monoisotopic (exact) mass is 388 g/mol. The molecule has 1 unspecified atom stereocenters. The quantitative estimate of drug-likeness (QED) is 0.855. The summed E-state index contributed by atoms with van der Waals surface area (Å²) in [5.74, 6) is -0.00930. The maximum Gasteiger partial charge on any atom is 0.251 e. The van der Waals surface area contributed by atoms with Crippen LogP contribution in [0.1, 0.15) is 30.1 Å². The zero-order valence-electron chi connectivity index (χ0n) is 11.0. The molecule has 104 valence electrons. The lowest BCUT2D eigenvalue weighted by atomic mass is 10.2. The lowest BCUT2D eigenvalue weighted by molar-refractivity contribution is 0.0941. The van der Waals surface area contributed by atoms with Gasteiger partial charge in [0.2, 0.25) is 0 Å². The molecule has 1 saturated heterocycles. The molecule has 0 aliphatic carbocycles. The molecule has 0 aromatic heterocycles. The van der Waals surface area contributed by atoms with Crippen molar-refractivity contribution in [2.24, 2.45) is 0 Å². The van der Waals surface area contributed by atoms with Gasteiger partial charge in [0.05, 0.1) is 0 Å². The van der Waals surface area contributed by atoms with Gasteiger partial charge in [-0.2, -0.15) is 0 Å². The molecule has 1 aliphatic heterocycles. The second-order valence-corrected chi connectivity index (χ2v) is 6.62. The van der Waals surface area contributed by atoms with E-state index in [1.165, 1.54) is 12.8 Å². The van der Waals surface area contributed by atoms with Crippen molar-refractivity contribution in [2.45, 2.75) is 25.8 Å². The molecule has 1 aliphatic rings. The van der Waals surface area contributed by atoms with Crippen molar-refractivity contribution < 1.29 is 4.79 Å². The van der Waals surface area contributed by atoms with E-state index in [1.54, 1.807) is 0 Å². The van der Waals surface area contributed by atoms with Gasteiger partial charge in [0.15, 0.2) is 0 Å². The molecule has 1 heterocycles. The van der Waals surface area contributed by atoms with Crippen LogP contribution in [-0.2, 0) is 0 Å². The first kappa shape index (κ1) is 15.0. The number of rotatable bonds is 4. The summed E-state index contributed by atoms with van der Waals surface area (Å²) in [6.45, 7) is 5.12. The molecule has 0 saturated carbocycles. The van der Waals surface area contributed by atoms with Crippen LogP contribution in [0.5, 0.6) is 0 Å². The molecule has 0 spiro atoms. The van der Waals surface area contributed by atoms with Crippen LogP contribution >= 0.6 is 31.9 Å². The number of nitrogens with one attached hydrogen (secondary N) is 1. The van der Waals surface area contributed by atoms with E-state index in [0.29, 0.717) is 11.6 Å². The molecule has 19 heavy (non-hydrogen) atoms. The SMILES string of the molecule is CCN1CCCC1CNC(=O)c1cc(Br)cc(Br)c1. The summed E-state index contributed by atoms with van der Waals surface area (Å²) in [5, 5.41) is 3.04. The van der Waals surface area contributed by atoms with Crippen molar-refractivity contribution in [3.05, 3.63) is 32.7 Å². The third-order valence-electron chi connectivity index (χ3n) is 3.53. The van der Waals surface area contributed by atoms with Gasteiger partial charge in [-0.3, -0.25) is 9.69 Å². The van der Waals surface area contributed by atoms with E-state index >= 15 is 0 Å². The highest BCUT2D eigenvalue weighted by Crippen LogP contribution is 2.20. The number of amides is 1. The molecule has 5 heteroatoms. The van der Waals surface area contributed by atoms with Gasteiger partial charge >= 0.3 is 0 Å². The fourth-order valence-electron chi connectivity index (χ4n) is 2.54. The van der Waals surface area contributed by atoms with E-state index in [2.05, 4.69) is 49.0 Å². The predicted molar refractivity (Wildman–Crippen MR) is 84.4 cm³/mol. The Kier molecular flexibility index (Phi) is 5.42. The van der Waals surface area contributed by atoms with Gasteiger partial charge in [0, 0.05) is 27.1 Å². The Bertz CT molecular complexity index is 445. The van der Waals surface area contributed by atoms with E-state index in [9.17, 15) is 4.79 Å². The average molecular weight is 390 g/mol. The maximum atomic E-state index is 12.1. The number of likely N-dealkylation sites (tertiary alicyclic amines) is 1. The number of hydrogen-bond acceptors (Lipinski definition) is 2. The summed E-state index contributed by atoms with van der Waals surface area (Å²) in [7, 11) is 0. The Hall–Kier alpha value is -0.390. The summed E-state index contributed by atoms with van der Waals surface area (Å²) in [6, 6.07) is 6.09. The van der Waals surface area contributed by atoms with Crippen molar-refractivity contribution in [1.29, 1.82) is 0 Å². The van der Waals surface area contributed by atoms with Gasteiger partial charge in [0.25, 0.3) is 5.91 Å². The van der Waals surface area contributed by atoms with E-state index < -0.39 is 0 Å². The van der Waals surface area contributed by atoms with Gasteiger partial charge in [0.1, 0.15) is 0 Å². The zero-order chi connectivity index (χ0) is 13.8. The number of halogens is 2. The van der Waals surface area contributed by atoms with Crippen molar-refractivity contribution in [3.63, 3.8) is 0 Å². The molecule has 0 radical (unpaired) electrons. The minimum absolute atomic E-state index is 0.00930. The van der Waals surface area contributed by atoms with E-state index in [-0.39, 0.29) is 5.91 Å². The second-order valence-electron chi connectivity index (χ2n) is 4.79. The molecule has 2 rings (SSSR count). The third-order valence-corrected chi connectivity index (χ3v) is 4.44. The molecule has 1 aromatic rings. The van der Waals surface area contributed by atoms with Crippen LogP contribution in [0.3, 0.4) is 0 Å². The third kappa shape index (κ3) is 4.04. The van der Waals surface area contributed by atoms with Crippen molar-refractivity contribution in [2.75, 3.05) is 19.6 Å². The summed E-state index contributed by atoms with van der Waals surface area (Å²) in [4.78, 5) is 14.6. The number of benzene rings is 1. The molecule has 1 fully saturated rings. The number of carbonyl (C=O) groups excluding carboxylic acids is 1. The lowest BCUT2D eigenvalue weighted by Crippen LogP contribution is -2.40. The Morgan fingerprint density at radius 2 is 2.05 bits per heavy atom. The lowest BCUT2D eigenvalue weighted by Gasteiger charge is -2.22. The second kappa shape index (κ2) is 6.86. The van der Waals surface area contributed by atoms with Crippen LogP contribution in [0.15, 0.2) is 27.1 Å². The number of carbonyl (C=O) groups is 1. The van der Waals surface area contributed by atoms with Gasteiger partial charge in [-0.05, 0) is 44.1 Å². The highest BCUT2D eigenvalue weighted by atomic mass is 79.9. The van der Waals surface area contributed by atoms with Crippen LogP contribution in [0.4, 0.5) is 0 Å². The topological polar surface area (TPSA) is 32.3 Å². The summed E-state index contributed by atoms with van der Waals surface area (Å²) < 4.78 is 1.81. The van der Waals surface area contributed by atoms with Gasteiger partial charge < -0.3 is 5.32 Å². The van der Waals surface area contributed by atoms with E-state index in [4.69, 9.17) is 0 Å². The molecule has 1 aromatic carbocycles. The summed E-state index contributed by atoms with van der Waals surface area (Å²) in [5.41, 5.74) is 0.683. The van der Waals surface area contributed by atoms with Crippen molar-refractivity contribution in [1.82, 2.24) is 10.2 Å². The van der Waals surface area contributed by atoms with Crippen LogP contribution in [0.2, 0.25) is 0 Å². The first-order valence-electron chi connectivity index (χ1n) is 6.58. The molecule has 1 N–H and O–H groups in total. The highest BCUT2D eigenvalue weighted by molar-refractivity contribution is 9.11. The van der Waals surface area contributed by atoms with Gasteiger partial charge in [-0.1, -0.05) is 38.8 Å². The largest absolute Gasteiger partial charge is 0.350 e. The Morgan fingerprint density at radius 1 is 1.37 bits per heavy atom. The van der Waals surface area contributed by atoms with Crippen LogP contribution in [-0.4, -0.2) is 36.5 Å². The zero-order valence-corrected chi connectivity index (χ0v) is 14.1. The first-order chi connectivity index (χ1) is 9.10. The fourth-order valence-corrected chi connectivity index (χ4v) is 3.83. The Labute approximate surface area is 131 Å². The molecule has 0 bridgehead atoms. The smallest absolute Gasteiger partial charge is 0.251 e. The average Bonchev–Trinajstić information content (AvgIpc) is 2.82. The number of nitrogens with zero attached hydrogens (tertiary/aromatic N) is 1. The van der Waals surface area contributed by atoms with E-state index in [1.807, 2.05) is 18.2 Å². The maximum absolute atomic E-state index is 12.1. The molecular formula is C14H18Br2N2O. The number of hydrogen-bond donors (Lipinski definition) is 1. The van der Waals surface area contributed by atoms with Crippen LogP contribution in [0, 0.1) is 0 Å². The Balaban J connectivity index is 1.94. The highest BCUT2D eigenvalue weighted by Gasteiger charge is 2.23. The predicted octanol–water partition coefficient (Wildman–Crippen LogP) is 3.43. The molecule has 3 nitrogen and oxygen atoms in total. The van der Waals surface area contributed by atoms with E-state index in [0.717, 1.165) is 28.6 Å². The van der Waals surface area contributed by atoms with Gasteiger partial charge in [-0.15, -0.1) is 0 Å². The number of likely N-dealkylation sites (N-methyl/N-ethyl adjacent to an activating group) is 1. The summed E-state index contributed by atoms with van der Waals surface area (Å²) in [6.07, 6.45) is 2.41.